The Morgan fingerprint density at radius 1 is 1.32 bits per heavy atom. The van der Waals surface area contributed by atoms with Gasteiger partial charge in [0.1, 0.15) is 0 Å². The first-order chi connectivity index (χ1) is 9.11. The fraction of sp³-hybridized carbons (Fsp3) is 0.231. The Kier molecular flexibility index (Phi) is 4.63. The van der Waals surface area contributed by atoms with Crippen LogP contribution in [0.2, 0.25) is 0 Å². The molecule has 2 amide bonds. The molecule has 0 aliphatic carbocycles. The van der Waals surface area contributed by atoms with E-state index in [1.165, 1.54) is 0 Å². The van der Waals surface area contributed by atoms with E-state index < -0.39 is 6.10 Å². The molecule has 4 nitrogen and oxygen atoms in total. The summed E-state index contributed by atoms with van der Waals surface area (Å²) in [6.45, 7) is -0.0692. The predicted octanol–water partition coefficient (Wildman–Crippen LogP) is 2.32. The molecule has 100 valence electrons. The molecule has 1 aliphatic heterocycles. The minimum absolute atomic E-state index is 0.0144. The van der Waals surface area contributed by atoms with E-state index in [9.17, 15) is 14.7 Å². The number of carbonyl (C=O) groups is 2. The average molecular weight is 298 g/mol. The van der Waals surface area contributed by atoms with E-state index >= 15 is 0 Å². The van der Waals surface area contributed by atoms with Gasteiger partial charge >= 0.3 is 0 Å². The highest BCUT2D eigenvalue weighted by atomic mass is 35.5. The summed E-state index contributed by atoms with van der Waals surface area (Å²) >= 11 is 6.34. The van der Waals surface area contributed by atoms with Crippen molar-refractivity contribution >= 4 is 40.6 Å². The van der Waals surface area contributed by atoms with Gasteiger partial charge in [0, 0.05) is 0 Å². The zero-order valence-corrected chi connectivity index (χ0v) is 11.5. The molecule has 0 aromatic heterocycles. The minimum atomic E-state index is -0.897. The van der Waals surface area contributed by atoms with Crippen molar-refractivity contribution < 1.29 is 14.7 Å². The van der Waals surface area contributed by atoms with E-state index in [-0.39, 0.29) is 23.6 Å². The normalized spacial score (nSPS) is 19.3. The Bertz CT molecular complexity index is 518. The topological polar surface area (TPSA) is 57.6 Å². The summed E-state index contributed by atoms with van der Waals surface area (Å²) in [5.74, 6) is -0.401. The molecular formula is C13H12ClNO3S. The number of β-amino-alcohol motifs (C(OH)–C–C–N with tert-alkyl or cyclic N) is 1. The van der Waals surface area contributed by atoms with Gasteiger partial charge in [-0.3, -0.25) is 14.5 Å². The summed E-state index contributed by atoms with van der Waals surface area (Å²) in [7, 11) is 0. The standard InChI is InChI=1S/C13H12ClNO3S/c14-7-10(16)8-15-12(17)11(19-13(15)18)6-9-4-2-1-3-5-9/h1-6,10,16H,7-8H2/b11-6-. The highest BCUT2D eigenvalue weighted by Crippen LogP contribution is 2.32. The summed E-state index contributed by atoms with van der Waals surface area (Å²) in [5.41, 5.74) is 0.853. The van der Waals surface area contributed by atoms with Crippen LogP contribution in [-0.2, 0) is 4.79 Å². The van der Waals surface area contributed by atoms with E-state index in [0.29, 0.717) is 4.91 Å². The largest absolute Gasteiger partial charge is 0.390 e. The van der Waals surface area contributed by atoms with Crippen molar-refractivity contribution in [2.45, 2.75) is 6.10 Å². The van der Waals surface area contributed by atoms with Crippen LogP contribution in [0.25, 0.3) is 6.08 Å². The lowest BCUT2D eigenvalue weighted by Crippen LogP contribution is -2.36. The number of aliphatic hydroxyl groups excluding tert-OH is 1. The maximum absolute atomic E-state index is 12.0. The van der Waals surface area contributed by atoms with Crippen LogP contribution in [0.4, 0.5) is 4.79 Å². The van der Waals surface area contributed by atoms with Gasteiger partial charge in [-0.1, -0.05) is 30.3 Å². The third-order valence-corrected chi connectivity index (χ3v) is 3.81. The van der Waals surface area contributed by atoms with Crippen molar-refractivity contribution in [3.8, 4) is 0 Å². The zero-order valence-electron chi connectivity index (χ0n) is 9.95. The quantitative estimate of drug-likeness (QED) is 0.684. The van der Waals surface area contributed by atoms with E-state index in [4.69, 9.17) is 11.6 Å². The highest BCUT2D eigenvalue weighted by molar-refractivity contribution is 8.18. The number of thioether (sulfide) groups is 1. The van der Waals surface area contributed by atoms with Gasteiger partial charge < -0.3 is 5.11 Å². The monoisotopic (exact) mass is 297 g/mol. The minimum Gasteiger partial charge on any atom is -0.390 e. The second-order valence-corrected chi connectivity index (χ2v) is 5.31. The third kappa shape index (κ3) is 3.37. The molecule has 1 aromatic carbocycles. The summed E-state index contributed by atoms with van der Waals surface area (Å²) in [5, 5.41) is 9.04. The number of aliphatic hydroxyl groups is 1. The number of benzene rings is 1. The molecule has 1 saturated heterocycles. The van der Waals surface area contributed by atoms with E-state index in [0.717, 1.165) is 22.2 Å². The molecule has 1 N–H and O–H groups in total. The molecule has 1 aliphatic rings. The van der Waals surface area contributed by atoms with Crippen LogP contribution in [0.1, 0.15) is 5.56 Å². The second kappa shape index (κ2) is 6.23. The Morgan fingerprint density at radius 3 is 2.63 bits per heavy atom. The van der Waals surface area contributed by atoms with E-state index in [1.54, 1.807) is 6.08 Å². The number of hydrogen-bond acceptors (Lipinski definition) is 4. The molecular weight excluding hydrogens is 286 g/mol. The van der Waals surface area contributed by atoms with Gasteiger partial charge in [-0.05, 0) is 23.4 Å². The fourth-order valence-corrected chi connectivity index (χ4v) is 2.56. The van der Waals surface area contributed by atoms with Crippen molar-refractivity contribution in [1.82, 2.24) is 4.90 Å². The zero-order chi connectivity index (χ0) is 13.8. The number of amides is 2. The number of hydrogen-bond donors (Lipinski definition) is 1. The molecule has 6 heteroatoms. The summed E-state index contributed by atoms with van der Waals surface area (Å²) in [6, 6.07) is 9.28. The number of imide groups is 1. The van der Waals surface area contributed by atoms with Crippen molar-refractivity contribution in [2.75, 3.05) is 12.4 Å². The van der Waals surface area contributed by atoms with Crippen molar-refractivity contribution in [1.29, 1.82) is 0 Å². The maximum atomic E-state index is 12.0. The predicted molar refractivity (Wildman–Crippen MR) is 75.8 cm³/mol. The highest BCUT2D eigenvalue weighted by Gasteiger charge is 2.35. The smallest absolute Gasteiger partial charge is 0.293 e. The molecule has 1 aromatic rings. The number of alkyl halides is 1. The molecule has 0 radical (unpaired) electrons. The van der Waals surface area contributed by atoms with E-state index in [1.807, 2.05) is 30.3 Å². The second-order valence-electron chi connectivity index (χ2n) is 4.01. The Morgan fingerprint density at radius 2 is 2.00 bits per heavy atom. The van der Waals surface area contributed by atoms with Crippen LogP contribution in [0.15, 0.2) is 35.2 Å². The molecule has 0 bridgehead atoms. The molecule has 0 spiro atoms. The number of carbonyl (C=O) groups excluding carboxylic acids is 2. The van der Waals surface area contributed by atoms with Crippen LogP contribution < -0.4 is 0 Å². The van der Waals surface area contributed by atoms with Gasteiger partial charge in [0.2, 0.25) is 0 Å². The maximum Gasteiger partial charge on any atom is 0.293 e. The molecule has 1 heterocycles. The Labute approximate surface area is 120 Å². The van der Waals surface area contributed by atoms with Gasteiger partial charge in [0.15, 0.2) is 0 Å². The summed E-state index contributed by atoms with van der Waals surface area (Å²) < 4.78 is 0. The van der Waals surface area contributed by atoms with Crippen LogP contribution in [0.5, 0.6) is 0 Å². The van der Waals surface area contributed by atoms with Gasteiger partial charge in [-0.25, -0.2) is 0 Å². The van der Waals surface area contributed by atoms with Gasteiger partial charge in [-0.15, -0.1) is 11.6 Å². The van der Waals surface area contributed by atoms with Crippen molar-refractivity contribution in [3.05, 3.63) is 40.8 Å². The average Bonchev–Trinajstić information content (AvgIpc) is 2.67. The van der Waals surface area contributed by atoms with Crippen LogP contribution in [-0.4, -0.2) is 39.7 Å². The fourth-order valence-electron chi connectivity index (χ4n) is 1.62. The van der Waals surface area contributed by atoms with Gasteiger partial charge in [0.05, 0.1) is 23.4 Å². The van der Waals surface area contributed by atoms with Crippen LogP contribution in [0.3, 0.4) is 0 Å². The van der Waals surface area contributed by atoms with Gasteiger partial charge in [-0.2, -0.15) is 0 Å². The molecule has 19 heavy (non-hydrogen) atoms. The SMILES string of the molecule is O=C1S/C(=C\c2ccccc2)C(=O)N1CC(O)CCl. The van der Waals surface area contributed by atoms with Crippen molar-refractivity contribution in [3.63, 3.8) is 0 Å². The lowest BCUT2D eigenvalue weighted by molar-refractivity contribution is -0.123. The molecule has 1 atom stereocenters. The first kappa shape index (κ1) is 14.1. The first-order valence-corrected chi connectivity index (χ1v) is 7.01. The Balaban J connectivity index is 2.16. The Hall–Kier alpha value is -1.30. The molecule has 0 saturated carbocycles. The molecule has 2 rings (SSSR count). The number of rotatable bonds is 4. The lowest BCUT2D eigenvalue weighted by atomic mass is 10.2. The van der Waals surface area contributed by atoms with Crippen molar-refractivity contribution in [2.24, 2.45) is 0 Å². The van der Waals surface area contributed by atoms with Crippen LogP contribution in [0, 0.1) is 0 Å². The number of halogens is 1. The lowest BCUT2D eigenvalue weighted by Gasteiger charge is -2.15. The number of nitrogens with zero attached hydrogens (tertiary/aromatic N) is 1. The molecule has 1 fully saturated rings. The first-order valence-electron chi connectivity index (χ1n) is 5.66. The van der Waals surface area contributed by atoms with Gasteiger partial charge in [0.25, 0.3) is 11.1 Å². The van der Waals surface area contributed by atoms with Crippen LogP contribution >= 0.6 is 23.4 Å². The summed E-state index contributed by atoms with van der Waals surface area (Å²) in [4.78, 5) is 25.1. The third-order valence-electron chi connectivity index (χ3n) is 2.54. The molecule has 1 unspecified atom stereocenters. The van der Waals surface area contributed by atoms with E-state index in [2.05, 4.69) is 0 Å². The summed E-state index contributed by atoms with van der Waals surface area (Å²) in [6.07, 6.45) is 0.768.